The van der Waals surface area contributed by atoms with Gasteiger partial charge in [0.2, 0.25) is 0 Å². The van der Waals surface area contributed by atoms with Gasteiger partial charge in [-0.05, 0) is 67.2 Å². The Morgan fingerprint density at radius 2 is 1.86 bits per heavy atom. The van der Waals surface area contributed by atoms with Crippen LogP contribution in [-0.2, 0) is 17.6 Å². The minimum Gasteiger partial charge on any atom is -0.446 e. The highest BCUT2D eigenvalue weighted by molar-refractivity contribution is 5.64. The number of ether oxygens (including phenoxy) is 1. The van der Waals surface area contributed by atoms with Gasteiger partial charge in [-0.1, -0.05) is 19.9 Å². The molecule has 3 rings (SSSR count). The second-order valence-corrected chi connectivity index (χ2v) is 7.56. The normalized spacial score (nSPS) is 26.3. The molecule has 3 N–H and O–H groups in total. The molecule has 1 amide bonds. The standard InChI is InChI=1S/C18H26N2O2/c1-18(2)10-12-3-4-15(9-13(12)11-18)20-14-5-7-16(8-6-14)22-17(19)21/h3-4,9,14,16,20H,5-8,10-11H2,1-2H3,(H2,19,21). The zero-order valence-electron chi connectivity index (χ0n) is 13.5. The van der Waals surface area contributed by atoms with Crippen molar-refractivity contribution in [2.75, 3.05) is 5.32 Å². The molecule has 0 spiro atoms. The fourth-order valence-corrected chi connectivity index (χ4v) is 3.87. The summed E-state index contributed by atoms with van der Waals surface area (Å²) >= 11 is 0. The molecule has 120 valence electrons. The molecular weight excluding hydrogens is 276 g/mol. The summed E-state index contributed by atoms with van der Waals surface area (Å²) in [6.07, 6.45) is 5.49. The van der Waals surface area contributed by atoms with E-state index in [4.69, 9.17) is 10.5 Å². The Balaban J connectivity index is 1.56. The van der Waals surface area contributed by atoms with Crippen LogP contribution in [0.15, 0.2) is 18.2 Å². The summed E-state index contributed by atoms with van der Waals surface area (Å²) in [6.45, 7) is 4.67. The second kappa shape index (κ2) is 5.82. The summed E-state index contributed by atoms with van der Waals surface area (Å²) < 4.78 is 5.08. The predicted molar refractivity (Wildman–Crippen MR) is 88.0 cm³/mol. The maximum Gasteiger partial charge on any atom is 0.404 e. The smallest absolute Gasteiger partial charge is 0.404 e. The second-order valence-electron chi connectivity index (χ2n) is 7.56. The van der Waals surface area contributed by atoms with E-state index in [9.17, 15) is 4.79 Å². The molecule has 0 atom stereocenters. The minimum atomic E-state index is -0.655. The first-order chi connectivity index (χ1) is 10.4. The lowest BCUT2D eigenvalue weighted by atomic mass is 9.90. The Hall–Kier alpha value is -1.71. The predicted octanol–water partition coefficient (Wildman–Crippen LogP) is 3.63. The Kier molecular flexibility index (Phi) is 4.02. The number of carbonyl (C=O) groups is 1. The molecule has 1 fully saturated rings. The van der Waals surface area contributed by atoms with Crippen molar-refractivity contribution in [3.05, 3.63) is 29.3 Å². The number of hydrogen-bond donors (Lipinski definition) is 2. The molecule has 4 heteroatoms. The fraction of sp³-hybridized carbons (Fsp3) is 0.611. The molecular formula is C18H26N2O2. The zero-order chi connectivity index (χ0) is 15.7. The molecule has 0 heterocycles. The van der Waals surface area contributed by atoms with E-state index in [2.05, 4.69) is 37.4 Å². The van der Waals surface area contributed by atoms with Crippen LogP contribution in [0.2, 0.25) is 0 Å². The molecule has 1 aromatic carbocycles. The number of amides is 1. The van der Waals surface area contributed by atoms with Crippen LogP contribution in [0.5, 0.6) is 0 Å². The van der Waals surface area contributed by atoms with Crippen LogP contribution < -0.4 is 11.1 Å². The van der Waals surface area contributed by atoms with Crippen molar-refractivity contribution in [2.24, 2.45) is 11.1 Å². The first kappa shape index (κ1) is 15.2. The van der Waals surface area contributed by atoms with Gasteiger partial charge in [0.1, 0.15) is 6.10 Å². The van der Waals surface area contributed by atoms with Crippen molar-refractivity contribution in [1.29, 1.82) is 0 Å². The van der Waals surface area contributed by atoms with Crippen LogP contribution in [0.25, 0.3) is 0 Å². The van der Waals surface area contributed by atoms with Crippen LogP contribution in [0.3, 0.4) is 0 Å². The van der Waals surface area contributed by atoms with E-state index in [0.717, 1.165) is 32.1 Å². The number of carbonyl (C=O) groups excluding carboxylic acids is 1. The maximum atomic E-state index is 10.8. The Bertz CT molecular complexity index is 560. The van der Waals surface area contributed by atoms with Gasteiger partial charge in [0.25, 0.3) is 0 Å². The van der Waals surface area contributed by atoms with Gasteiger partial charge in [0.05, 0.1) is 0 Å². The lowest BCUT2D eigenvalue weighted by Crippen LogP contribution is -2.32. The van der Waals surface area contributed by atoms with Gasteiger partial charge in [0.15, 0.2) is 0 Å². The number of anilines is 1. The number of fused-ring (bicyclic) bond motifs is 1. The quantitative estimate of drug-likeness (QED) is 0.896. The number of primary amides is 1. The van der Waals surface area contributed by atoms with Gasteiger partial charge in [-0.15, -0.1) is 0 Å². The zero-order valence-corrected chi connectivity index (χ0v) is 13.5. The maximum absolute atomic E-state index is 10.8. The van der Waals surface area contributed by atoms with Gasteiger partial charge in [-0.2, -0.15) is 0 Å². The van der Waals surface area contributed by atoms with Gasteiger partial charge in [0, 0.05) is 11.7 Å². The van der Waals surface area contributed by atoms with Gasteiger partial charge in [-0.25, -0.2) is 4.79 Å². The molecule has 1 aromatic rings. The van der Waals surface area contributed by atoms with Crippen molar-refractivity contribution in [3.8, 4) is 0 Å². The lowest BCUT2D eigenvalue weighted by molar-refractivity contribution is 0.0806. The molecule has 0 radical (unpaired) electrons. The van der Waals surface area contributed by atoms with E-state index in [1.807, 2.05) is 0 Å². The molecule has 0 unspecified atom stereocenters. The third kappa shape index (κ3) is 3.54. The summed E-state index contributed by atoms with van der Waals surface area (Å²) in [5, 5.41) is 3.64. The SMILES string of the molecule is CC1(C)Cc2ccc(NC3CCC(OC(N)=O)CC3)cc2C1. The monoisotopic (exact) mass is 302 g/mol. The Morgan fingerprint density at radius 1 is 1.18 bits per heavy atom. The van der Waals surface area contributed by atoms with Crippen LogP contribution >= 0.6 is 0 Å². The highest BCUT2D eigenvalue weighted by Gasteiger charge is 2.28. The van der Waals surface area contributed by atoms with E-state index in [0.29, 0.717) is 11.5 Å². The van der Waals surface area contributed by atoms with Gasteiger partial charge in [-0.3, -0.25) is 0 Å². The van der Waals surface area contributed by atoms with E-state index in [1.165, 1.54) is 23.2 Å². The van der Waals surface area contributed by atoms with E-state index in [-0.39, 0.29) is 6.10 Å². The topological polar surface area (TPSA) is 64.3 Å². The summed E-state index contributed by atoms with van der Waals surface area (Å²) in [5.41, 5.74) is 9.67. The lowest BCUT2D eigenvalue weighted by Gasteiger charge is -2.29. The molecule has 2 aliphatic carbocycles. The van der Waals surface area contributed by atoms with Crippen LogP contribution in [0.1, 0.15) is 50.7 Å². The summed E-state index contributed by atoms with van der Waals surface area (Å²) in [7, 11) is 0. The number of benzene rings is 1. The average Bonchev–Trinajstić information content (AvgIpc) is 2.73. The molecule has 4 nitrogen and oxygen atoms in total. The fourth-order valence-electron chi connectivity index (χ4n) is 3.87. The van der Waals surface area contributed by atoms with Crippen molar-refractivity contribution >= 4 is 11.8 Å². The molecule has 0 aromatic heterocycles. The Morgan fingerprint density at radius 3 is 2.55 bits per heavy atom. The average molecular weight is 302 g/mol. The largest absolute Gasteiger partial charge is 0.446 e. The number of nitrogens with two attached hydrogens (primary N) is 1. The van der Waals surface area contributed by atoms with Crippen molar-refractivity contribution in [1.82, 2.24) is 0 Å². The third-order valence-corrected chi connectivity index (χ3v) is 4.87. The van der Waals surface area contributed by atoms with Crippen molar-refractivity contribution < 1.29 is 9.53 Å². The molecule has 0 bridgehead atoms. The Labute approximate surface area is 132 Å². The molecule has 22 heavy (non-hydrogen) atoms. The number of rotatable bonds is 3. The summed E-state index contributed by atoms with van der Waals surface area (Å²) in [4.78, 5) is 10.8. The number of hydrogen-bond acceptors (Lipinski definition) is 3. The summed E-state index contributed by atoms with van der Waals surface area (Å²) in [5.74, 6) is 0. The molecule has 0 saturated heterocycles. The van der Waals surface area contributed by atoms with Crippen molar-refractivity contribution in [2.45, 2.75) is 64.5 Å². The summed E-state index contributed by atoms with van der Waals surface area (Å²) in [6, 6.07) is 7.25. The highest BCUT2D eigenvalue weighted by atomic mass is 16.6. The first-order valence-electron chi connectivity index (χ1n) is 8.26. The van der Waals surface area contributed by atoms with Gasteiger partial charge >= 0.3 is 6.09 Å². The minimum absolute atomic E-state index is 0.00336. The highest BCUT2D eigenvalue weighted by Crippen LogP contribution is 2.37. The van der Waals surface area contributed by atoms with Crippen LogP contribution in [-0.4, -0.2) is 18.2 Å². The van der Waals surface area contributed by atoms with Crippen molar-refractivity contribution in [3.63, 3.8) is 0 Å². The van der Waals surface area contributed by atoms with Gasteiger partial charge < -0.3 is 15.8 Å². The van der Waals surface area contributed by atoms with E-state index in [1.54, 1.807) is 0 Å². The number of nitrogens with one attached hydrogen (secondary N) is 1. The van der Waals surface area contributed by atoms with E-state index >= 15 is 0 Å². The van der Waals surface area contributed by atoms with Crippen LogP contribution in [0, 0.1) is 5.41 Å². The molecule has 0 aliphatic heterocycles. The first-order valence-corrected chi connectivity index (χ1v) is 8.26. The molecule has 2 aliphatic rings. The molecule has 1 saturated carbocycles. The third-order valence-electron chi connectivity index (χ3n) is 4.87. The van der Waals surface area contributed by atoms with E-state index < -0.39 is 6.09 Å². The van der Waals surface area contributed by atoms with Crippen LogP contribution in [0.4, 0.5) is 10.5 Å².